The normalized spacial score (nSPS) is 20.5. The van der Waals surface area contributed by atoms with Gasteiger partial charge in [-0.15, -0.1) is 11.3 Å². The van der Waals surface area contributed by atoms with Crippen LogP contribution in [0.3, 0.4) is 0 Å². The number of hydrogen-bond donors (Lipinski definition) is 1. The fourth-order valence-corrected chi connectivity index (χ4v) is 5.87. The fourth-order valence-electron chi connectivity index (χ4n) is 3.07. The maximum atomic E-state index is 11.2. The summed E-state index contributed by atoms with van der Waals surface area (Å²) in [5, 5.41) is 13.4. The molecule has 0 aliphatic heterocycles. The van der Waals surface area contributed by atoms with E-state index in [1.807, 2.05) is 11.4 Å². The van der Waals surface area contributed by atoms with Gasteiger partial charge in [-0.1, -0.05) is 40.0 Å². The molecular formula is C18H31BrO2SSi. The number of aliphatic hydroxyl groups is 1. The van der Waals surface area contributed by atoms with Gasteiger partial charge in [-0.3, -0.25) is 0 Å². The van der Waals surface area contributed by atoms with E-state index in [1.54, 1.807) is 11.3 Å². The average Bonchev–Trinajstić information content (AvgIpc) is 2.90. The van der Waals surface area contributed by atoms with Crippen LogP contribution in [0, 0.1) is 5.41 Å². The van der Waals surface area contributed by atoms with E-state index in [0.29, 0.717) is 6.61 Å². The van der Waals surface area contributed by atoms with Crippen molar-refractivity contribution < 1.29 is 9.53 Å². The maximum Gasteiger partial charge on any atom is 0.192 e. The second-order valence-electron chi connectivity index (χ2n) is 8.51. The molecule has 1 atom stereocenters. The minimum Gasteiger partial charge on any atom is -0.416 e. The van der Waals surface area contributed by atoms with Gasteiger partial charge in [0, 0.05) is 21.4 Å². The van der Waals surface area contributed by atoms with Crippen LogP contribution in [0.2, 0.25) is 18.1 Å². The first-order valence-corrected chi connectivity index (χ1v) is 13.2. The summed E-state index contributed by atoms with van der Waals surface area (Å²) in [7, 11) is -1.80. The van der Waals surface area contributed by atoms with E-state index in [-0.39, 0.29) is 10.5 Å². The summed E-state index contributed by atoms with van der Waals surface area (Å²) in [5.41, 5.74) is -0.124. The maximum absolute atomic E-state index is 11.2. The molecule has 132 valence electrons. The zero-order valence-electron chi connectivity index (χ0n) is 15.1. The highest BCUT2D eigenvalue weighted by Gasteiger charge is 2.45. The van der Waals surface area contributed by atoms with Gasteiger partial charge in [0.1, 0.15) is 0 Å². The van der Waals surface area contributed by atoms with Crippen molar-refractivity contribution in [2.24, 2.45) is 5.41 Å². The van der Waals surface area contributed by atoms with Crippen LogP contribution in [0.5, 0.6) is 0 Å². The Bertz CT molecular complexity index is 515. The smallest absolute Gasteiger partial charge is 0.192 e. The first-order valence-electron chi connectivity index (χ1n) is 8.64. The van der Waals surface area contributed by atoms with Crippen LogP contribution < -0.4 is 0 Å². The number of halogens is 1. The molecule has 0 radical (unpaired) electrons. The summed E-state index contributed by atoms with van der Waals surface area (Å²) in [6.07, 6.45) is 5.37. The molecule has 1 aliphatic rings. The van der Waals surface area contributed by atoms with Gasteiger partial charge in [0.25, 0.3) is 0 Å². The van der Waals surface area contributed by atoms with Crippen LogP contribution in [-0.4, -0.2) is 20.0 Å². The van der Waals surface area contributed by atoms with Gasteiger partial charge in [-0.2, -0.15) is 0 Å². The molecule has 1 aliphatic carbocycles. The molecule has 2 nitrogen and oxygen atoms in total. The molecule has 0 spiro atoms. The highest BCUT2D eigenvalue weighted by Crippen LogP contribution is 2.50. The van der Waals surface area contributed by atoms with Gasteiger partial charge in [-0.25, -0.2) is 0 Å². The standard InChI is InChI=1S/C18H31BrO2SSi/c1-17(2,3)23(4,5)21-13-18(10-7-6-8-11-18)16(20)15-14(19)9-12-22-15/h9,12,16,20H,6-8,10-11,13H2,1-5H3. The molecule has 0 amide bonds. The van der Waals surface area contributed by atoms with Gasteiger partial charge in [0.05, 0.1) is 6.10 Å². The van der Waals surface area contributed by atoms with Crippen molar-refractivity contribution in [1.82, 2.24) is 0 Å². The van der Waals surface area contributed by atoms with Crippen molar-refractivity contribution in [2.75, 3.05) is 6.61 Å². The molecule has 5 heteroatoms. The lowest BCUT2D eigenvalue weighted by molar-refractivity contribution is -0.0393. The quantitative estimate of drug-likeness (QED) is 0.551. The summed E-state index contributed by atoms with van der Waals surface area (Å²) in [5.74, 6) is 0. The Labute approximate surface area is 154 Å². The summed E-state index contributed by atoms with van der Waals surface area (Å²) in [4.78, 5) is 1.06. The number of thiophene rings is 1. The Morgan fingerprint density at radius 1 is 1.30 bits per heavy atom. The molecule has 1 unspecified atom stereocenters. The molecule has 1 aromatic heterocycles. The lowest BCUT2D eigenvalue weighted by atomic mass is 9.70. The van der Waals surface area contributed by atoms with E-state index < -0.39 is 14.4 Å². The van der Waals surface area contributed by atoms with Crippen LogP contribution in [0.4, 0.5) is 0 Å². The summed E-state index contributed by atoms with van der Waals surface area (Å²) >= 11 is 5.25. The van der Waals surface area contributed by atoms with E-state index in [4.69, 9.17) is 4.43 Å². The third-order valence-electron chi connectivity index (χ3n) is 5.85. The highest BCUT2D eigenvalue weighted by atomic mass is 79.9. The van der Waals surface area contributed by atoms with Gasteiger partial charge in [-0.05, 0) is 58.4 Å². The van der Waals surface area contributed by atoms with Crippen LogP contribution in [0.15, 0.2) is 15.9 Å². The molecule has 2 rings (SSSR count). The Morgan fingerprint density at radius 2 is 1.91 bits per heavy atom. The molecule has 0 aromatic carbocycles. The van der Waals surface area contributed by atoms with Crippen molar-refractivity contribution in [1.29, 1.82) is 0 Å². The van der Waals surface area contributed by atoms with E-state index in [0.717, 1.165) is 22.2 Å². The molecular weight excluding hydrogens is 388 g/mol. The Morgan fingerprint density at radius 3 is 2.39 bits per heavy atom. The molecule has 23 heavy (non-hydrogen) atoms. The minimum absolute atomic E-state index is 0.124. The topological polar surface area (TPSA) is 29.5 Å². The van der Waals surface area contributed by atoms with Gasteiger partial charge in [0.15, 0.2) is 8.32 Å². The highest BCUT2D eigenvalue weighted by molar-refractivity contribution is 9.10. The van der Waals surface area contributed by atoms with E-state index in [9.17, 15) is 5.11 Å². The number of aliphatic hydroxyl groups excluding tert-OH is 1. The van der Waals surface area contributed by atoms with Crippen molar-refractivity contribution in [3.8, 4) is 0 Å². The second kappa shape index (κ2) is 7.28. The molecule has 1 fully saturated rings. The molecule has 1 aromatic rings. The monoisotopic (exact) mass is 418 g/mol. The minimum atomic E-state index is -1.80. The predicted molar refractivity (Wildman–Crippen MR) is 106 cm³/mol. The van der Waals surface area contributed by atoms with Gasteiger partial charge >= 0.3 is 0 Å². The fraction of sp³-hybridized carbons (Fsp3) is 0.778. The second-order valence-corrected chi connectivity index (χ2v) is 15.1. The van der Waals surface area contributed by atoms with Gasteiger partial charge in [0.2, 0.25) is 0 Å². The zero-order chi connectivity index (χ0) is 17.3. The first kappa shape index (κ1) is 19.6. The molecule has 1 N–H and O–H groups in total. The molecule has 0 saturated heterocycles. The van der Waals surface area contributed by atoms with E-state index in [2.05, 4.69) is 49.8 Å². The Balaban J connectivity index is 2.21. The van der Waals surface area contributed by atoms with E-state index in [1.165, 1.54) is 19.3 Å². The van der Waals surface area contributed by atoms with Crippen molar-refractivity contribution >= 4 is 35.6 Å². The Kier molecular flexibility index (Phi) is 6.22. The largest absolute Gasteiger partial charge is 0.416 e. The SMILES string of the molecule is CC(C)(C)[Si](C)(C)OCC1(C(O)c2sccc2Br)CCCCC1. The van der Waals surface area contributed by atoms with Crippen molar-refractivity contribution in [3.05, 3.63) is 20.8 Å². The Hall–Kier alpha value is 0.317. The molecule has 1 saturated carbocycles. The predicted octanol–water partition coefficient (Wildman–Crippen LogP) is 6.52. The number of rotatable bonds is 5. The van der Waals surface area contributed by atoms with E-state index >= 15 is 0 Å². The lowest BCUT2D eigenvalue weighted by Crippen LogP contribution is -2.46. The van der Waals surface area contributed by atoms with Crippen LogP contribution in [0.1, 0.15) is 63.9 Å². The third kappa shape index (κ3) is 4.29. The van der Waals surface area contributed by atoms with Crippen LogP contribution in [-0.2, 0) is 4.43 Å². The lowest BCUT2D eigenvalue weighted by Gasteiger charge is -2.45. The zero-order valence-corrected chi connectivity index (χ0v) is 18.5. The van der Waals surface area contributed by atoms with Crippen molar-refractivity contribution in [2.45, 2.75) is 77.1 Å². The van der Waals surface area contributed by atoms with Crippen molar-refractivity contribution in [3.63, 3.8) is 0 Å². The summed E-state index contributed by atoms with van der Waals surface area (Å²) in [6, 6.07) is 2.04. The molecule has 0 bridgehead atoms. The molecule has 1 heterocycles. The third-order valence-corrected chi connectivity index (χ3v) is 12.3. The number of hydrogen-bond acceptors (Lipinski definition) is 3. The summed E-state index contributed by atoms with van der Waals surface area (Å²) < 4.78 is 7.60. The average molecular weight is 420 g/mol. The van der Waals surface area contributed by atoms with Crippen LogP contribution >= 0.6 is 27.3 Å². The summed E-state index contributed by atoms with van der Waals surface area (Å²) in [6.45, 7) is 12.1. The van der Waals surface area contributed by atoms with Gasteiger partial charge < -0.3 is 9.53 Å². The first-order chi connectivity index (χ1) is 10.6. The van der Waals surface area contributed by atoms with Crippen LogP contribution in [0.25, 0.3) is 0 Å².